The van der Waals surface area contributed by atoms with E-state index >= 15 is 0 Å². The van der Waals surface area contributed by atoms with Crippen LogP contribution in [0.4, 0.5) is 5.69 Å². The summed E-state index contributed by atoms with van der Waals surface area (Å²) in [6.07, 6.45) is 0. The van der Waals surface area contributed by atoms with Crippen LogP contribution in [0, 0.1) is 0 Å². The zero-order valence-electron chi connectivity index (χ0n) is 17.8. The van der Waals surface area contributed by atoms with E-state index in [-0.39, 0.29) is 36.3 Å². The van der Waals surface area contributed by atoms with E-state index in [1.54, 1.807) is 29.2 Å². The second-order valence-electron chi connectivity index (χ2n) is 8.14. The Morgan fingerprint density at radius 2 is 1.76 bits per heavy atom. The van der Waals surface area contributed by atoms with Gasteiger partial charge in [-0.15, -0.1) is 0 Å². The van der Waals surface area contributed by atoms with Crippen LogP contribution in [0.1, 0.15) is 38.1 Å². The van der Waals surface area contributed by atoms with Crippen molar-refractivity contribution in [2.75, 3.05) is 49.5 Å². The van der Waals surface area contributed by atoms with Gasteiger partial charge in [-0.3, -0.25) is 19.3 Å². The average Bonchev–Trinajstić information content (AvgIpc) is 2.66. The fourth-order valence-corrected chi connectivity index (χ4v) is 3.93. The van der Waals surface area contributed by atoms with Crippen molar-refractivity contribution in [1.29, 1.82) is 0 Å². The summed E-state index contributed by atoms with van der Waals surface area (Å²) >= 11 is 1.85. The third kappa shape index (κ3) is 8.06. The number of carbonyl (C=O) groups is 3. The van der Waals surface area contributed by atoms with Crippen molar-refractivity contribution in [3.8, 4) is 0 Å². The first-order valence-corrected chi connectivity index (χ1v) is 11.1. The van der Waals surface area contributed by atoms with Crippen LogP contribution in [-0.2, 0) is 9.59 Å². The standard InChI is InChI=1S/C21H32N4O3S/c1-5-24(15-19(27)23-21(2,3)4)14-18(26)22-17-8-6-7-16(13-17)20(28)25-9-11-29-12-10-25/h6-8,13H,5,9-12,14-15H2,1-4H3,(H,22,26)(H,23,27). The highest BCUT2D eigenvalue weighted by atomic mass is 32.2. The lowest BCUT2D eigenvalue weighted by molar-refractivity contribution is -0.124. The molecule has 1 fully saturated rings. The molecule has 0 atom stereocenters. The molecule has 1 aromatic carbocycles. The molecule has 0 aliphatic carbocycles. The van der Waals surface area contributed by atoms with Crippen LogP contribution in [0.25, 0.3) is 0 Å². The molecule has 29 heavy (non-hydrogen) atoms. The van der Waals surface area contributed by atoms with Crippen LogP contribution in [-0.4, -0.2) is 77.3 Å². The fraction of sp³-hybridized carbons (Fsp3) is 0.571. The number of rotatable bonds is 7. The molecular weight excluding hydrogens is 388 g/mol. The summed E-state index contributed by atoms with van der Waals surface area (Å²) in [6, 6.07) is 7.03. The highest BCUT2D eigenvalue weighted by Gasteiger charge is 2.20. The highest BCUT2D eigenvalue weighted by Crippen LogP contribution is 2.16. The van der Waals surface area contributed by atoms with Crippen LogP contribution in [0.5, 0.6) is 0 Å². The molecule has 1 aliphatic heterocycles. The minimum atomic E-state index is -0.307. The Morgan fingerprint density at radius 1 is 1.10 bits per heavy atom. The van der Waals surface area contributed by atoms with Gasteiger partial charge in [0.25, 0.3) is 5.91 Å². The number of thioether (sulfide) groups is 1. The summed E-state index contributed by atoms with van der Waals surface area (Å²) in [6.45, 7) is 10.0. The zero-order chi connectivity index (χ0) is 21.4. The Labute approximate surface area is 177 Å². The summed E-state index contributed by atoms with van der Waals surface area (Å²) in [7, 11) is 0. The molecule has 7 nitrogen and oxygen atoms in total. The summed E-state index contributed by atoms with van der Waals surface area (Å²) < 4.78 is 0. The Morgan fingerprint density at radius 3 is 2.38 bits per heavy atom. The molecule has 1 aliphatic rings. The number of benzene rings is 1. The van der Waals surface area contributed by atoms with Gasteiger partial charge in [0.1, 0.15) is 0 Å². The molecule has 1 heterocycles. The van der Waals surface area contributed by atoms with Gasteiger partial charge in [-0.2, -0.15) is 11.8 Å². The molecular formula is C21H32N4O3S. The number of anilines is 1. The molecule has 0 radical (unpaired) electrons. The summed E-state index contributed by atoms with van der Waals surface area (Å²) in [4.78, 5) is 40.8. The van der Waals surface area contributed by atoms with Crippen molar-refractivity contribution in [3.05, 3.63) is 29.8 Å². The number of likely N-dealkylation sites (N-methyl/N-ethyl adjacent to an activating group) is 1. The Balaban J connectivity index is 1.92. The molecule has 2 N–H and O–H groups in total. The van der Waals surface area contributed by atoms with Crippen molar-refractivity contribution >= 4 is 35.2 Å². The van der Waals surface area contributed by atoms with E-state index in [0.717, 1.165) is 24.6 Å². The number of nitrogens with one attached hydrogen (secondary N) is 2. The van der Waals surface area contributed by atoms with E-state index in [0.29, 0.717) is 17.8 Å². The fourth-order valence-electron chi connectivity index (χ4n) is 3.02. The molecule has 1 saturated heterocycles. The molecule has 2 rings (SSSR count). The molecule has 160 valence electrons. The minimum Gasteiger partial charge on any atom is -0.350 e. The number of hydrogen-bond donors (Lipinski definition) is 2. The third-order valence-corrected chi connectivity index (χ3v) is 5.33. The smallest absolute Gasteiger partial charge is 0.253 e. The lowest BCUT2D eigenvalue weighted by atomic mass is 10.1. The van der Waals surface area contributed by atoms with Crippen LogP contribution in [0.15, 0.2) is 24.3 Å². The van der Waals surface area contributed by atoms with E-state index in [1.807, 2.05) is 44.4 Å². The maximum Gasteiger partial charge on any atom is 0.253 e. The van der Waals surface area contributed by atoms with Crippen LogP contribution in [0.3, 0.4) is 0 Å². The van der Waals surface area contributed by atoms with E-state index in [4.69, 9.17) is 0 Å². The summed E-state index contributed by atoms with van der Waals surface area (Å²) in [5, 5.41) is 5.74. The normalized spacial score (nSPS) is 14.6. The Kier molecular flexibility index (Phi) is 8.52. The quantitative estimate of drug-likeness (QED) is 0.706. The van der Waals surface area contributed by atoms with Crippen molar-refractivity contribution in [1.82, 2.24) is 15.1 Å². The van der Waals surface area contributed by atoms with Gasteiger partial charge in [0, 0.05) is 41.4 Å². The second kappa shape index (κ2) is 10.6. The molecule has 0 bridgehead atoms. The second-order valence-corrected chi connectivity index (χ2v) is 9.36. The summed E-state index contributed by atoms with van der Waals surface area (Å²) in [5.41, 5.74) is 0.854. The highest BCUT2D eigenvalue weighted by molar-refractivity contribution is 7.99. The van der Waals surface area contributed by atoms with Crippen molar-refractivity contribution in [2.45, 2.75) is 33.2 Å². The molecule has 0 aromatic heterocycles. The van der Waals surface area contributed by atoms with E-state index in [9.17, 15) is 14.4 Å². The largest absolute Gasteiger partial charge is 0.350 e. The maximum atomic E-state index is 12.6. The van der Waals surface area contributed by atoms with Crippen LogP contribution >= 0.6 is 11.8 Å². The van der Waals surface area contributed by atoms with Gasteiger partial charge in [0.2, 0.25) is 11.8 Å². The molecule has 1 aromatic rings. The van der Waals surface area contributed by atoms with Crippen molar-refractivity contribution in [2.24, 2.45) is 0 Å². The predicted molar refractivity (Wildman–Crippen MR) is 118 cm³/mol. The first-order valence-electron chi connectivity index (χ1n) is 9.98. The lowest BCUT2D eigenvalue weighted by Gasteiger charge is -2.26. The van der Waals surface area contributed by atoms with Gasteiger partial charge < -0.3 is 15.5 Å². The zero-order valence-corrected chi connectivity index (χ0v) is 18.6. The molecule has 0 unspecified atom stereocenters. The number of hydrogen-bond acceptors (Lipinski definition) is 5. The Hall–Kier alpha value is -2.06. The van der Waals surface area contributed by atoms with Gasteiger partial charge in [0.05, 0.1) is 13.1 Å². The van der Waals surface area contributed by atoms with Gasteiger partial charge in [-0.05, 0) is 45.5 Å². The SMILES string of the molecule is CCN(CC(=O)Nc1cccc(C(=O)N2CCSCC2)c1)CC(=O)NC(C)(C)C. The topological polar surface area (TPSA) is 81.8 Å². The Bertz CT molecular complexity index is 727. The monoisotopic (exact) mass is 420 g/mol. The predicted octanol–water partition coefficient (Wildman–Crippen LogP) is 2.05. The number of nitrogens with zero attached hydrogens (tertiary/aromatic N) is 2. The maximum absolute atomic E-state index is 12.6. The van der Waals surface area contributed by atoms with Gasteiger partial charge in [0.15, 0.2) is 0 Å². The number of amides is 3. The first-order chi connectivity index (χ1) is 13.7. The van der Waals surface area contributed by atoms with Gasteiger partial charge >= 0.3 is 0 Å². The van der Waals surface area contributed by atoms with Gasteiger partial charge in [-0.1, -0.05) is 13.0 Å². The van der Waals surface area contributed by atoms with E-state index in [1.165, 1.54) is 0 Å². The molecule has 3 amide bonds. The van der Waals surface area contributed by atoms with Crippen LogP contribution < -0.4 is 10.6 Å². The number of carbonyl (C=O) groups excluding carboxylic acids is 3. The minimum absolute atomic E-state index is 0.00423. The molecule has 0 spiro atoms. The third-order valence-electron chi connectivity index (χ3n) is 4.39. The first kappa shape index (κ1) is 23.2. The van der Waals surface area contributed by atoms with Crippen molar-refractivity contribution in [3.63, 3.8) is 0 Å². The average molecular weight is 421 g/mol. The van der Waals surface area contributed by atoms with Crippen LogP contribution in [0.2, 0.25) is 0 Å². The van der Waals surface area contributed by atoms with Crippen molar-refractivity contribution < 1.29 is 14.4 Å². The molecule has 0 saturated carbocycles. The van der Waals surface area contributed by atoms with E-state index in [2.05, 4.69) is 10.6 Å². The van der Waals surface area contributed by atoms with E-state index < -0.39 is 0 Å². The molecule has 8 heteroatoms. The summed E-state index contributed by atoms with van der Waals surface area (Å²) in [5.74, 6) is 1.58. The van der Waals surface area contributed by atoms with Gasteiger partial charge in [-0.25, -0.2) is 0 Å². The lowest BCUT2D eigenvalue weighted by Crippen LogP contribution is -2.47.